The highest BCUT2D eigenvalue weighted by atomic mass is 16.5. The summed E-state index contributed by atoms with van der Waals surface area (Å²) in [5.74, 6) is 1.23. The number of rotatable bonds is 3. The van der Waals surface area contributed by atoms with Crippen LogP contribution in [0.15, 0.2) is 18.3 Å². The molecule has 0 aliphatic heterocycles. The molecule has 15 heavy (non-hydrogen) atoms. The van der Waals surface area contributed by atoms with Gasteiger partial charge in [-0.3, -0.25) is 0 Å². The fourth-order valence-electron chi connectivity index (χ4n) is 1.16. The number of hydrogen-bond acceptors (Lipinski definition) is 2. The second kappa shape index (κ2) is 7.27. The summed E-state index contributed by atoms with van der Waals surface area (Å²) in [5.41, 5.74) is 1.18. The predicted octanol–water partition coefficient (Wildman–Crippen LogP) is 4.02. The van der Waals surface area contributed by atoms with Gasteiger partial charge in [0, 0.05) is 11.8 Å². The van der Waals surface area contributed by atoms with Gasteiger partial charge < -0.3 is 4.74 Å². The van der Waals surface area contributed by atoms with Crippen molar-refractivity contribution < 1.29 is 4.74 Å². The Morgan fingerprint density at radius 2 is 1.73 bits per heavy atom. The highest BCUT2D eigenvalue weighted by Crippen LogP contribution is 2.23. The van der Waals surface area contributed by atoms with Gasteiger partial charge in [0.1, 0.15) is 0 Å². The molecule has 2 heteroatoms. The fraction of sp³-hybridized carbons (Fsp3) is 0.615. The van der Waals surface area contributed by atoms with Crippen LogP contribution in [0.25, 0.3) is 0 Å². The van der Waals surface area contributed by atoms with Crippen molar-refractivity contribution in [3.05, 3.63) is 23.9 Å². The zero-order valence-electron chi connectivity index (χ0n) is 10.7. The molecule has 1 aromatic rings. The summed E-state index contributed by atoms with van der Waals surface area (Å²) in [4.78, 5) is 4.22. The minimum Gasteiger partial charge on any atom is -0.475 e. The number of hydrogen-bond donors (Lipinski definition) is 0. The van der Waals surface area contributed by atoms with Crippen LogP contribution in [0, 0.1) is 0 Å². The van der Waals surface area contributed by atoms with Crippen molar-refractivity contribution in [3.63, 3.8) is 0 Å². The molecule has 2 nitrogen and oxygen atoms in total. The van der Waals surface area contributed by atoms with E-state index in [-0.39, 0.29) is 6.10 Å². The summed E-state index contributed by atoms with van der Waals surface area (Å²) in [6, 6.07) is 4.01. The number of aromatic nitrogens is 1. The van der Waals surface area contributed by atoms with Crippen molar-refractivity contribution in [3.8, 4) is 5.88 Å². The first-order valence-electron chi connectivity index (χ1n) is 5.73. The van der Waals surface area contributed by atoms with Crippen LogP contribution in [-0.2, 0) is 0 Å². The van der Waals surface area contributed by atoms with Crippen LogP contribution in [0.3, 0.4) is 0 Å². The highest BCUT2D eigenvalue weighted by molar-refractivity contribution is 5.28. The van der Waals surface area contributed by atoms with Crippen molar-refractivity contribution in [2.45, 2.75) is 53.6 Å². The Kier molecular flexibility index (Phi) is 6.76. The van der Waals surface area contributed by atoms with Crippen molar-refractivity contribution in [1.82, 2.24) is 4.98 Å². The molecule has 0 saturated carbocycles. The first-order valence-corrected chi connectivity index (χ1v) is 5.73. The number of ether oxygens (including phenoxy) is 1. The third-order valence-corrected chi connectivity index (χ3v) is 1.77. The van der Waals surface area contributed by atoms with Crippen molar-refractivity contribution in [1.29, 1.82) is 0 Å². The Morgan fingerprint density at radius 3 is 2.20 bits per heavy atom. The average molecular weight is 209 g/mol. The van der Waals surface area contributed by atoms with Crippen LogP contribution < -0.4 is 4.74 Å². The Hall–Kier alpha value is -1.05. The molecule has 0 fully saturated rings. The van der Waals surface area contributed by atoms with Gasteiger partial charge in [-0.05, 0) is 25.8 Å². The molecule has 1 heterocycles. The second-order valence-corrected chi connectivity index (χ2v) is 3.72. The van der Waals surface area contributed by atoms with Crippen LogP contribution in [-0.4, -0.2) is 11.1 Å². The van der Waals surface area contributed by atoms with E-state index in [0.29, 0.717) is 5.92 Å². The lowest BCUT2D eigenvalue weighted by molar-refractivity contribution is 0.229. The van der Waals surface area contributed by atoms with E-state index in [1.165, 1.54) is 5.56 Å². The summed E-state index contributed by atoms with van der Waals surface area (Å²) >= 11 is 0. The van der Waals surface area contributed by atoms with Gasteiger partial charge in [0.2, 0.25) is 5.88 Å². The van der Waals surface area contributed by atoms with Gasteiger partial charge in [-0.15, -0.1) is 0 Å². The Balaban J connectivity index is 0.000000921. The quantitative estimate of drug-likeness (QED) is 0.750. The largest absolute Gasteiger partial charge is 0.475 e. The molecular formula is C13H23NO. The van der Waals surface area contributed by atoms with Crippen LogP contribution in [0.4, 0.5) is 0 Å². The van der Waals surface area contributed by atoms with Gasteiger partial charge in [0.25, 0.3) is 0 Å². The first kappa shape index (κ1) is 13.9. The maximum absolute atomic E-state index is 5.60. The molecule has 0 amide bonds. The molecule has 0 N–H and O–H groups in total. The average Bonchev–Trinajstić information content (AvgIpc) is 2.20. The van der Waals surface area contributed by atoms with E-state index < -0.39 is 0 Å². The minimum absolute atomic E-state index is 0.187. The lowest BCUT2D eigenvalue weighted by Crippen LogP contribution is -2.09. The van der Waals surface area contributed by atoms with Crippen molar-refractivity contribution >= 4 is 0 Å². The van der Waals surface area contributed by atoms with E-state index in [1.54, 1.807) is 6.20 Å². The maximum Gasteiger partial charge on any atom is 0.217 e. The molecule has 0 radical (unpaired) electrons. The zero-order valence-corrected chi connectivity index (χ0v) is 10.7. The molecule has 0 spiro atoms. The second-order valence-electron chi connectivity index (χ2n) is 3.72. The van der Waals surface area contributed by atoms with E-state index in [0.717, 1.165) is 5.88 Å². The third-order valence-electron chi connectivity index (χ3n) is 1.77. The molecule has 0 atom stereocenters. The van der Waals surface area contributed by atoms with Crippen LogP contribution in [0.1, 0.15) is 53.0 Å². The molecule has 1 rings (SSSR count). The summed E-state index contributed by atoms with van der Waals surface area (Å²) in [7, 11) is 0. The fourth-order valence-corrected chi connectivity index (χ4v) is 1.16. The molecule has 0 aromatic carbocycles. The Labute approximate surface area is 93.7 Å². The highest BCUT2D eigenvalue weighted by Gasteiger charge is 2.08. The smallest absolute Gasteiger partial charge is 0.217 e. The zero-order chi connectivity index (χ0) is 11.8. The number of pyridine rings is 1. The van der Waals surface area contributed by atoms with Gasteiger partial charge in [-0.25, -0.2) is 4.98 Å². The van der Waals surface area contributed by atoms with E-state index in [9.17, 15) is 0 Å². The van der Waals surface area contributed by atoms with Gasteiger partial charge >= 0.3 is 0 Å². The molecule has 0 unspecified atom stereocenters. The predicted molar refractivity (Wildman–Crippen MR) is 65.4 cm³/mol. The minimum atomic E-state index is 0.187. The summed E-state index contributed by atoms with van der Waals surface area (Å²) in [5, 5.41) is 0. The maximum atomic E-state index is 5.60. The van der Waals surface area contributed by atoms with Crippen molar-refractivity contribution in [2.24, 2.45) is 0 Å². The van der Waals surface area contributed by atoms with Gasteiger partial charge in [0.15, 0.2) is 0 Å². The molecule has 86 valence electrons. The summed E-state index contributed by atoms with van der Waals surface area (Å²) in [6.07, 6.45) is 1.95. The monoisotopic (exact) mass is 209 g/mol. The lowest BCUT2D eigenvalue weighted by Gasteiger charge is -2.14. The van der Waals surface area contributed by atoms with E-state index in [4.69, 9.17) is 4.74 Å². The Bertz CT molecular complexity index is 269. The normalized spacial score (nSPS) is 9.87. The lowest BCUT2D eigenvalue weighted by atomic mass is 10.1. The molecule has 0 saturated heterocycles. The Morgan fingerprint density at radius 1 is 1.13 bits per heavy atom. The molecule has 1 aromatic heterocycles. The molecule has 0 aliphatic carbocycles. The SMILES string of the molecule is CC.CC(C)Oc1ncccc1C(C)C. The van der Waals surface area contributed by atoms with E-state index in [2.05, 4.69) is 24.9 Å². The van der Waals surface area contributed by atoms with Gasteiger partial charge in [0.05, 0.1) is 6.10 Å². The standard InChI is InChI=1S/C11H17NO.C2H6/c1-8(2)10-6-5-7-12-11(10)13-9(3)4;1-2/h5-9H,1-4H3;1-2H3. The topological polar surface area (TPSA) is 22.1 Å². The van der Waals surface area contributed by atoms with Crippen LogP contribution in [0.2, 0.25) is 0 Å². The van der Waals surface area contributed by atoms with E-state index in [1.807, 2.05) is 33.8 Å². The third kappa shape index (κ3) is 4.82. The van der Waals surface area contributed by atoms with Crippen LogP contribution in [0.5, 0.6) is 5.88 Å². The van der Waals surface area contributed by atoms with Gasteiger partial charge in [-0.2, -0.15) is 0 Å². The summed E-state index contributed by atoms with van der Waals surface area (Å²) in [6.45, 7) is 12.3. The van der Waals surface area contributed by atoms with E-state index >= 15 is 0 Å². The van der Waals surface area contributed by atoms with Crippen molar-refractivity contribution in [2.75, 3.05) is 0 Å². The van der Waals surface area contributed by atoms with Gasteiger partial charge in [-0.1, -0.05) is 33.8 Å². The summed E-state index contributed by atoms with van der Waals surface area (Å²) < 4.78 is 5.60. The number of nitrogens with zero attached hydrogens (tertiary/aromatic N) is 1. The molecule has 0 aliphatic rings. The van der Waals surface area contributed by atoms with Crippen LogP contribution >= 0.6 is 0 Å². The first-order chi connectivity index (χ1) is 7.11. The molecular weight excluding hydrogens is 186 g/mol. The molecule has 0 bridgehead atoms.